The fourth-order valence-electron chi connectivity index (χ4n) is 2.35. The van der Waals surface area contributed by atoms with Gasteiger partial charge in [-0.1, -0.05) is 39.8 Å². The number of methoxy groups -OCH3 is 1. The van der Waals surface area contributed by atoms with Gasteiger partial charge in [0.2, 0.25) is 0 Å². The van der Waals surface area contributed by atoms with Gasteiger partial charge in [0.1, 0.15) is 5.75 Å². The lowest BCUT2D eigenvalue weighted by molar-refractivity contribution is 0.0954. The third kappa shape index (κ3) is 4.91. The van der Waals surface area contributed by atoms with Gasteiger partial charge in [-0.25, -0.2) is 0 Å². The Bertz CT molecular complexity index is 402. The molecular formula is C16H24O2. The topological polar surface area (TPSA) is 26.3 Å². The first kappa shape index (κ1) is 14.7. The van der Waals surface area contributed by atoms with Crippen molar-refractivity contribution in [2.24, 2.45) is 11.3 Å². The molecule has 0 aliphatic carbocycles. The van der Waals surface area contributed by atoms with Gasteiger partial charge in [-0.15, -0.1) is 0 Å². The first-order valence-corrected chi connectivity index (χ1v) is 6.49. The molecule has 0 saturated heterocycles. The van der Waals surface area contributed by atoms with Crippen molar-refractivity contribution in [3.05, 3.63) is 29.8 Å². The SMILES string of the molecule is COc1cccc(C(=O)CC(C)CC(C)(C)C)c1. The molecule has 0 N–H and O–H groups in total. The number of ketones is 1. The summed E-state index contributed by atoms with van der Waals surface area (Å²) in [6.07, 6.45) is 1.66. The van der Waals surface area contributed by atoms with Crippen LogP contribution in [0.5, 0.6) is 5.75 Å². The zero-order chi connectivity index (χ0) is 13.8. The molecule has 2 nitrogen and oxygen atoms in total. The molecule has 2 heteroatoms. The molecule has 0 aliphatic rings. The van der Waals surface area contributed by atoms with Crippen LogP contribution in [0.2, 0.25) is 0 Å². The van der Waals surface area contributed by atoms with E-state index in [1.165, 1.54) is 0 Å². The zero-order valence-electron chi connectivity index (χ0n) is 12.1. The number of Topliss-reactive ketones (excluding diaryl/α,β-unsaturated/α-hetero) is 1. The van der Waals surface area contributed by atoms with E-state index < -0.39 is 0 Å². The second-order valence-corrected chi connectivity index (χ2v) is 6.23. The summed E-state index contributed by atoms with van der Waals surface area (Å²) in [5, 5.41) is 0. The predicted octanol–water partition coefficient (Wildman–Crippen LogP) is 4.34. The Morgan fingerprint density at radius 2 is 2.00 bits per heavy atom. The summed E-state index contributed by atoms with van der Waals surface area (Å²) in [5.41, 5.74) is 1.02. The molecule has 0 aliphatic heterocycles. The fourth-order valence-corrected chi connectivity index (χ4v) is 2.35. The predicted molar refractivity (Wildman–Crippen MR) is 75.2 cm³/mol. The molecule has 0 amide bonds. The Morgan fingerprint density at radius 1 is 1.33 bits per heavy atom. The lowest BCUT2D eigenvalue weighted by Gasteiger charge is -2.22. The number of ether oxygens (including phenoxy) is 1. The highest BCUT2D eigenvalue weighted by Gasteiger charge is 2.18. The maximum absolute atomic E-state index is 12.2. The van der Waals surface area contributed by atoms with E-state index in [1.54, 1.807) is 7.11 Å². The number of hydrogen-bond acceptors (Lipinski definition) is 2. The molecule has 0 fully saturated rings. The molecule has 0 heterocycles. The van der Waals surface area contributed by atoms with Crippen molar-refractivity contribution >= 4 is 5.78 Å². The molecule has 1 rings (SSSR count). The first-order valence-electron chi connectivity index (χ1n) is 6.49. The van der Waals surface area contributed by atoms with E-state index in [9.17, 15) is 4.79 Å². The van der Waals surface area contributed by atoms with Crippen LogP contribution in [0, 0.1) is 11.3 Å². The molecule has 1 unspecified atom stereocenters. The molecule has 100 valence electrons. The first-order chi connectivity index (χ1) is 8.31. The summed E-state index contributed by atoms with van der Waals surface area (Å²) in [5.74, 6) is 1.35. The van der Waals surface area contributed by atoms with Gasteiger partial charge in [-0.2, -0.15) is 0 Å². The second-order valence-electron chi connectivity index (χ2n) is 6.23. The summed E-state index contributed by atoms with van der Waals surface area (Å²) in [7, 11) is 1.62. The summed E-state index contributed by atoms with van der Waals surface area (Å²) in [6, 6.07) is 7.39. The van der Waals surface area contributed by atoms with Crippen molar-refractivity contribution in [2.45, 2.75) is 40.5 Å². The van der Waals surface area contributed by atoms with Gasteiger partial charge >= 0.3 is 0 Å². The van der Waals surface area contributed by atoms with Crippen LogP contribution in [-0.2, 0) is 0 Å². The molecule has 0 bridgehead atoms. The molecule has 1 atom stereocenters. The fraction of sp³-hybridized carbons (Fsp3) is 0.562. The third-order valence-electron chi connectivity index (χ3n) is 2.89. The van der Waals surface area contributed by atoms with Crippen molar-refractivity contribution in [2.75, 3.05) is 7.11 Å². The Morgan fingerprint density at radius 3 is 2.56 bits per heavy atom. The highest BCUT2D eigenvalue weighted by atomic mass is 16.5. The number of rotatable bonds is 5. The summed E-state index contributed by atoms with van der Waals surface area (Å²) < 4.78 is 5.14. The van der Waals surface area contributed by atoms with Crippen molar-refractivity contribution in [3.63, 3.8) is 0 Å². The van der Waals surface area contributed by atoms with Crippen LogP contribution in [0.1, 0.15) is 50.9 Å². The van der Waals surface area contributed by atoms with Gasteiger partial charge in [0.15, 0.2) is 5.78 Å². The Balaban J connectivity index is 2.64. The molecule has 0 radical (unpaired) electrons. The third-order valence-corrected chi connectivity index (χ3v) is 2.89. The minimum absolute atomic E-state index is 0.200. The quantitative estimate of drug-likeness (QED) is 0.724. The minimum atomic E-state index is 0.200. The van der Waals surface area contributed by atoms with Crippen LogP contribution in [0.25, 0.3) is 0 Å². The van der Waals surface area contributed by atoms with E-state index in [-0.39, 0.29) is 11.2 Å². The highest BCUT2D eigenvalue weighted by molar-refractivity contribution is 5.96. The summed E-state index contributed by atoms with van der Waals surface area (Å²) in [4.78, 5) is 12.2. The zero-order valence-corrected chi connectivity index (χ0v) is 12.1. The van der Waals surface area contributed by atoms with Crippen LogP contribution < -0.4 is 4.74 Å². The van der Waals surface area contributed by atoms with Gasteiger partial charge in [0.25, 0.3) is 0 Å². The van der Waals surface area contributed by atoms with E-state index in [1.807, 2.05) is 24.3 Å². The van der Waals surface area contributed by atoms with Crippen LogP contribution in [0.3, 0.4) is 0 Å². The van der Waals surface area contributed by atoms with Crippen molar-refractivity contribution in [3.8, 4) is 5.75 Å². The Labute approximate surface area is 110 Å². The second kappa shape index (κ2) is 6.03. The Kier molecular flexibility index (Phi) is 4.94. The number of carbonyl (C=O) groups is 1. The van der Waals surface area contributed by atoms with Crippen molar-refractivity contribution < 1.29 is 9.53 Å². The van der Waals surface area contributed by atoms with E-state index >= 15 is 0 Å². The standard InChI is InChI=1S/C16H24O2/c1-12(11-16(2,3)4)9-15(17)13-7-6-8-14(10-13)18-5/h6-8,10,12H,9,11H2,1-5H3. The molecule has 1 aromatic carbocycles. The average Bonchev–Trinajstić information content (AvgIpc) is 2.26. The minimum Gasteiger partial charge on any atom is -0.497 e. The molecule has 0 spiro atoms. The van der Waals surface area contributed by atoms with Gasteiger partial charge in [-0.05, 0) is 29.9 Å². The molecule has 0 aromatic heterocycles. The average molecular weight is 248 g/mol. The summed E-state index contributed by atoms with van der Waals surface area (Å²) in [6.45, 7) is 8.77. The van der Waals surface area contributed by atoms with Crippen LogP contribution in [0.4, 0.5) is 0 Å². The molecule has 1 aromatic rings. The lowest BCUT2D eigenvalue weighted by Crippen LogP contribution is -2.14. The highest BCUT2D eigenvalue weighted by Crippen LogP contribution is 2.27. The Hall–Kier alpha value is -1.31. The monoisotopic (exact) mass is 248 g/mol. The van der Waals surface area contributed by atoms with Crippen LogP contribution >= 0.6 is 0 Å². The maximum Gasteiger partial charge on any atom is 0.163 e. The van der Waals surface area contributed by atoms with Crippen LogP contribution in [0.15, 0.2) is 24.3 Å². The van der Waals surface area contributed by atoms with Crippen LogP contribution in [-0.4, -0.2) is 12.9 Å². The van der Waals surface area contributed by atoms with E-state index in [2.05, 4.69) is 27.7 Å². The largest absolute Gasteiger partial charge is 0.497 e. The molecule has 0 saturated carbocycles. The van der Waals surface area contributed by atoms with E-state index in [4.69, 9.17) is 4.74 Å². The van der Waals surface area contributed by atoms with E-state index in [0.717, 1.165) is 17.7 Å². The maximum atomic E-state index is 12.2. The molecular weight excluding hydrogens is 224 g/mol. The van der Waals surface area contributed by atoms with Gasteiger partial charge < -0.3 is 4.74 Å². The van der Waals surface area contributed by atoms with Gasteiger partial charge in [0.05, 0.1) is 7.11 Å². The normalized spacial score (nSPS) is 13.2. The molecule has 18 heavy (non-hydrogen) atoms. The lowest BCUT2D eigenvalue weighted by atomic mass is 9.83. The van der Waals surface area contributed by atoms with E-state index in [0.29, 0.717) is 12.3 Å². The number of hydrogen-bond donors (Lipinski definition) is 0. The summed E-state index contributed by atoms with van der Waals surface area (Å²) >= 11 is 0. The van der Waals surface area contributed by atoms with Crippen molar-refractivity contribution in [1.82, 2.24) is 0 Å². The number of benzene rings is 1. The van der Waals surface area contributed by atoms with Crippen molar-refractivity contribution in [1.29, 1.82) is 0 Å². The number of carbonyl (C=O) groups excluding carboxylic acids is 1. The smallest absolute Gasteiger partial charge is 0.163 e. The van der Waals surface area contributed by atoms with Gasteiger partial charge in [-0.3, -0.25) is 4.79 Å². The van der Waals surface area contributed by atoms with Gasteiger partial charge in [0, 0.05) is 12.0 Å².